The van der Waals surface area contributed by atoms with Gasteiger partial charge in [0.25, 0.3) is 0 Å². The molecule has 0 bridgehead atoms. The highest BCUT2D eigenvalue weighted by Crippen LogP contribution is 2.27. The van der Waals surface area contributed by atoms with E-state index in [0.29, 0.717) is 18.7 Å². The highest BCUT2D eigenvalue weighted by atomic mass is 32.2. The summed E-state index contributed by atoms with van der Waals surface area (Å²) in [6.45, 7) is 5.19. The molecule has 8 heteroatoms. The second-order valence-corrected chi connectivity index (χ2v) is 9.53. The number of benzene rings is 2. The van der Waals surface area contributed by atoms with E-state index in [0.717, 1.165) is 27.3 Å². The maximum Gasteiger partial charge on any atom is 0.244 e. The topological polar surface area (TPSA) is 86.8 Å². The van der Waals surface area contributed by atoms with E-state index in [2.05, 4.69) is 5.32 Å². The van der Waals surface area contributed by atoms with Gasteiger partial charge in [-0.2, -0.15) is 0 Å². The molecular weight excluding hydrogens is 414 g/mol. The van der Waals surface area contributed by atoms with E-state index in [1.165, 1.54) is 11.9 Å². The molecule has 0 spiro atoms. The first kappa shape index (κ1) is 24.4. The fraction of sp³-hybridized carbons (Fsp3) is 0.391. The van der Waals surface area contributed by atoms with Crippen molar-refractivity contribution in [2.75, 3.05) is 30.7 Å². The number of likely N-dealkylation sites (N-methyl/N-ethyl adjacent to an activating group) is 1. The Bertz CT molecular complexity index is 1000. The molecule has 2 rings (SSSR count). The van der Waals surface area contributed by atoms with Crippen molar-refractivity contribution in [3.8, 4) is 0 Å². The van der Waals surface area contributed by atoms with Crippen LogP contribution in [-0.2, 0) is 26.0 Å². The van der Waals surface area contributed by atoms with Crippen LogP contribution in [0.15, 0.2) is 48.5 Å². The van der Waals surface area contributed by atoms with Gasteiger partial charge in [0.1, 0.15) is 12.6 Å². The summed E-state index contributed by atoms with van der Waals surface area (Å²) in [7, 11) is -2.21. The number of amides is 2. The second kappa shape index (κ2) is 10.4. The van der Waals surface area contributed by atoms with Crippen LogP contribution in [0.25, 0.3) is 0 Å². The number of aryl methyl sites for hydroxylation is 2. The lowest BCUT2D eigenvalue weighted by molar-refractivity contribution is -0.138. The molecule has 0 aliphatic rings. The number of hydrogen-bond donors (Lipinski definition) is 1. The number of hydrogen-bond acceptors (Lipinski definition) is 4. The molecule has 0 heterocycles. The molecule has 0 saturated carbocycles. The van der Waals surface area contributed by atoms with Gasteiger partial charge in [0.05, 0.1) is 11.9 Å². The fourth-order valence-corrected chi connectivity index (χ4v) is 4.52. The van der Waals surface area contributed by atoms with Gasteiger partial charge in [-0.15, -0.1) is 0 Å². The van der Waals surface area contributed by atoms with Crippen LogP contribution in [-0.4, -0.2) is 57.6 Å². The van der Waals surface area contributed by atoms with E-state index in [4.69, 9.17) is 0 Å². The first-order valence-corrected chi connectivity index (χ1v) is 12.0. The van der Waals surface area contributed by atoms with E-state index in [9.17, 15) is 18.0 Å². The van der Waals surface area contributed by atoms with E-state index < -0.39 is 22.0 Å². The molecule has 0 aromatic heterocycles. The number of carbonyl (C=O) groups excluding carboxylic acids is 2. The third-order valence-corrected chi connectivity index (χ3v) is 6.38. The van der Waals surface area contributed by atoms with Crippen LogP contribution in [0.5, 0.6) is 0 Å². The SMILES string of the molecule is CNC(=O)C(C)N(CCc1ccccc1)C(=O)CN(c1c(C)cccc1C)S(C)(=O)=O. The Labute approximate surface area is 185 Å². The molecule has 0 radical (unpaired) electrons. The molecule has 2 amide bonds. The zero-order chi connectivity index (χ0) is 23.2. The Hall–Kier alpha value is -2.87. The molecule has 0 aliphatic carbocycles. The van der Waals surface area contributed by atoms with Gasteiger partial charge < -0.3 is 10.2 Å². The zero-order valence-electron chi connectivity index (χ0n) is 18.8. The average molecular weight is 446 g/mol. The molecule has 1 N–H and O–H groups in total. The first-order chi connectivity index (χ1) is 14.6. The molecule has 0 aliphatic heterocycles. The molecule has 7 nitrogen and oxygen atoms in total. The number of sulfonamides is 1. The van der Waals surface area contributed by atoms with Gasteiger partial charge in [-0.3, -0.25) is 13.9 Å². The predicted molar refractivity (Wildman–Crippen MR) is 123 cm³/mol. The molecule has 31 heavy (non-hydrogen) atoms. The minimum atomic E-state index is -3.72. The second-order valence-electron chi connectivity index (χ2n) is 7.62. The quantitative estimate of drug-likeness (QED) is 0.642. The summed E-state index contributed by atoms with van der Waals surface area (Å²) in [4.78, 5) is 27.1. The lowest BCUT2D eigenvalue weighted by Gasteiger charge is -2.32. The maximum atomic E-state index is 13.3. The minimum absolute atomic E-state index is 0.293. The smallest absolute Gasteiger partial charge is 0.244 e. The third kappa shape index (κ3) is 6.30. The van der Waals surface area contributed by atoms with Crippen molar-refractivity contribution in [3.63, 3.8) is 0 Å². The van der Waals surface area contributed by atoms with Gasteiger partial charge >= 0.3 is 0 Å². The fourth-order valence-electron chi connectivity index (χ4n) is 3.55. The van der Waals surface area contributed by atoms with Crippen molar-refractivity contribution >= 4 is 27.5 Å². The first-order valence-electron chi connectivity index (χ1n) is 10.1. The normalized spacial score (nSPS) is 12.2. The lowest BCUT2D eigenvalue weighted by atomic mass is 10.1. The number of nitrogens with zero attached hydrogens (tertiary/aromatic N) is 2. The van der Waals surface area contributed by atoms with Crippen LogP contribution in [0.1, 0.15) is 23.6 Å². The molecule has 1 unspecified atom stereocenters. The van der Waals surface area contributed by atoms with Crippen LogP contribution in [0.4, 0.5) is 5.69 Å². The standard InChI is InChI=1S/C23H31N3O4S/c1-17-10-9-11-18(2)22(17)26(31(5,29)30)16-21(27)25(19(3)23(28)24-4)15-14-20-12-7-6-8-13-20/h6-13,19H,14-16H2,1-5H3,(H,24,28). The van der Waals surface area contributed by atoms with Crippen LogP contribution in [0.2, 0.25) is 0 Å². The van der Waals surface area contributed by atoms with E-state index in [-0.39, 0.29) is 12.5 Å². The van der Waals surface area contributed by atoms with Gasteiger partial charge in [-0.25, -0.2) is 8.42 Å². The summed E-state index contributed by atoms with van der Waals surface area (Å²) in [5, 5.41) is 2.57. The van der Waals surface area contributed by atoms with Crippen LogP contribution in [0.3, 0.4) is 0 Å². The Balaban J connectivity index is 2.35. The van der Waals surface area contributed by atoms with Crippen LogP contribution in [0, 0.1) is 13.8 Å². The van der Waals surface area contributed by atoms with Crippen molar-refractivity contribution in [2.45, 2.75) is 33.2 Å². The van der Waals surface area contributed by atoms with Crippen LogP contribution < -0.4 is 9.62 Å². The summed E-state index contributed by atoms with van der Waals surface area (Å²) in [5.74, 6) is -0.737. The van der Waals surface area contributed by atoms with Crippen LogP contribution >= 0.6 is 0 Å². The predicted octanol–water partition coefficient (Wildman–Crippen LogP) is 2.28. The number of rotatable bonds is 9. The Morgan fingerprint density at radius 1 is 1.00 bits per heavy atom. The minimum Gasteiger partial charge on any atom is -0.357 e. The van der Waals surface area contributed by atoms with Gasteiger partial charge in [-0.05, 0) is 43.9 Å². The third-order valence-electron chi connectivity index (χ3n) is 5.27. The average Bonchev–Trinajstić information content (AvgIpc) is 2.72. The van der Waals surface area contributed by atoms with E-state index in [1.807, 2.05) is 62.4 Å². The highest BCUT2D eigenvalue weighted by Gasteiger charge is 2.30. The summed E-state index contributed by atoms with van der Waals surface area (Å²) in [6.07, 6.45) is 1.64. The highest BCUT2D eigenvalue weighted by molar-refractivity contribution is 7.92. The van der Waals surface area contributed by atoms with Gasteiger partial charge in [0.2, 0.25) is 21.8 Å². The molecule has 1 atom stereocenters. The van der Waals surface area contributed by atoms with E-state index >= 15 is 0 Å². The van der Waals surface area contributed by atoms with Crippen molar-refractivity contribution in [3.05, 3.63) is 65.2 Å². The summed E-state index contributed by atoms with van der Waals surface area (Å²) >= 11 is 0. The van der Waals surface area contributed by atoms with Gasteiger partial charge in [-0.1, -0.05) is 48.5 Å². The van der Waals surface area contributed by atoms with Gasteiger partial charge in [0.15, 0.2) is 0 Å². The monoisotopic (exact) mass is 445 g/mol. The maximum absolute atomic E-state index is 13.3. The number of anilines is 1. The largest absolute Gasteiger partial charge is 0.357 e. The molecule has 168 valence electrons. The Kier molecular flexibility index (Phi) is 8.21. The Morgan fingerprint density at radius 3 is 2.10 bits per heavy atom. The molecule has 2 aromatic rings. The lowest BCUT2D eigenvalue weighted by Crippen LogP contribution is -2.51. The zero-order valence-corrected chi connectivity index (χ0v) is 19.6. The van der Waals surface area contributed by atoms with Crippen molar-refractivity contribution in [1.82, 2.24) is 10.2 Å². The van der Waals surface area contributed by atoms with Gasteiger partial charge in [0, 0.05) is 13.6 Å². The molecule has 0 fully saturated rings. The van der Waals surface area contributed by atoms with Crippen molar-refractivity contribution in [2.24, 2.45) is 0 Å². The Morgan fingerprint density at radius 2 is 1.58 bits per heavy atom. The van der Waals surface area contributed by atoms with Crippen molar-refractivity contribution < 1.29 is 18.0 Å². The number of nitrogens with one attached hydrogen (secondary N) is 1. The molecule has 2 aromatic carbocycles. The number of para-hydroxylation sites is 1. The summed E-state index contributed by atoms with van der Waals surface area (Å²) in [6, 6.07) is 14.4. The summed E-state index contributed by atoms with van der Waals surface area (Å²) in [5.41, 5.74) is 3.04. The molecular formula is C23H31N3O4S. The van der Waals surface area contributed by atoms with E-state index in [1.54, 1.807) is 6.92 Å². The summed E-state index contributed by atoms with van der Waals surface area (Å²) < 4.78 is 26.4. The van der Waals surface area contributed by atoms with Crippen molar-refractivity contribution in [1.29, 1.82) is 0 Å². The number of carbonyl (C=O) groups is 2. The molecule has 0 saturated heterocycles.